The van der Waals surface area contributed by atoms with E-state index in [0.717, 1.165) is 23.3 Å². The second kappa shape index (κ2) is 10.5. The third-order valence-electron chi connectivity index (χ3n) is 8.20. The van der Waals surface area contributed by atoms with Crippen LogP contribution in [-0.4, -0.2) is 49.1 Å². The number of fused-ring (bicyclic) bond motifs is 1. The monoisotopic (exact) mass is 576 g/mol. The van der Waals surface area contributed by atoms with Crippen molar-refractivity contribution in [2.75, 3.05) is 17.2 Å². The van der Waals surface area contributed by atoms with Crippen molar-refractivity contribution < 1.29 is 22.8 Å². The number of carbonyl (C=O) groups is 2. The zero-order chi connectivity index (χ0) is 28.1. The van der Waals surface area contributed by atoms with E-state index in [-0.39, 0.29) is 35.4 Å². The van der Waals surface area contributed by atoms with E-state index >= 15 is 0 Å². The molecule has 2 fully saturated rings. The molecule has 3 aliphatic carbocycles. The highest BCUT2D eigenvalue weighted by atomic mass is 32.1. The smallest absolute Gasteiger partial charge is 0.282 e. The minimum atomic E-state index is -2.69. The predicted octanol–water partition coefficient (Wildman–Crippen LogP) is 4.56. The first-order valence-corrected chi connectivity index (χ1v) is 14.4. The van der Waals surface area contributed by atoms with Gasteiger partial charge in [-0.05, 0) is 55.9 Å². The molecule has 3 N–H and O–H groups in total. The molecule has 0 unspecified atom stereocenters. The molecule has 14 heteroatoms. The number of nitrogens with one attached hydrogen (secondary N) is 3. The molecule has 0 radical (unpaired) electrons. The Balaban J connectivity index is 1.24. The van der Waals surface area contributed by atoms with Crippen LogP contribution in [0.3, 0.4) is 0 Å². The van der Waals surface area contributed by atoms with Gasteiger partial charge in [0.05, 0.1) is 5.56 Å². The minimum Gasteiger partial charge on any atom is -0.352 e. The maximum absolute atomic E-state index is 13.5. The maximum Gasteiger partial charge on any atom is 0.282 e. The van der Waals surface area contributed by atoms with Gasteiger partial charge < -0.3 is 16.0 Å². The molecule has 0 aliphatic heterocycles. The third kappa shape index (κ3) is 5.20. The highest BCUT2D eigenvalue weighted by Gasteiger charge is 2.40. The Kier molecular flexibility index (Phi) is 7.05. The second-order valence-electron chi connectivity index (χ2n) is 11.1. The molecule has 0 spiro atoms. The van der Waals surface area contributed by atoms with Gasteiger partial charge in [0, 0.05) is 36.5 Å². The summed E-state index contributed by atoms with van der Waals surface area (Å²) in [5, 5.41) is 21.6. The van der Waals surface area contributed by atoms with Crippen LogP contribution in [0.4, 0.5) is 29.9 Å². The van der Waals surface area contributed by atoms with Crippen LogP contribution < -0.4 is 16.0 Å². The quantitative estimate of drug-likeness (QED) is 0.344. The fraction of sp³-hybridized carbons (Fsp3) is 0.577. The molecule has 3 aliphatic rings. The van der Waals surface area contributed by atoms with Crippen LogP contribution in [0, 0.1) is 17.8 Å². The Labute approximate surface area is 232 Å². The molecule has 2 saturated carbocycles. The van der Waals surface area contributed by atoms with Crippen LogP contribution in [0.1, 0.15) is 71.6 Å². The Morgan fingerprint density at radius 3 is 2.70 bits per heavy atom. The van der Waals surface area contributed by atoms with Gasteiger partial charge in [0.2, 0.25) is 11.9 Å². The number of halogens is 3. The minimum absolute atomic E-state index is 0.0394. The summed E-state index contributed by atoms with van der Waals surface area (Å²) in [6.45, 7) is 2.43. The summed E-state index contributed by atoms with van der Waals surface area (Å²) in [6.07, 6.45) is 1.75. The third-order valence-corrected chi connectivity index (χ3v) is 9.41. The fourth-order valence-electron chi connectivity index (χ4n) is 5.60. The average Bonchev–Trinajstić information content (AvgIpc) is 3.21. The fourth-order valence-corrected chi connectivity index (χ4v) is 6.84. The molecular formula is C26H31F3N8O2S. The van der Waals surface area contributed by atoms with Crippen LogP contribution >= 0.6 is 11.3 Å². The topological polar surface area (TPSA) is 119 Å². The number of carbonyl (C=O) groups excluding carboxylic acids is 2. The van der Waals surface area contributed by atoms with Crippen molar-refractivity contribution in [2.45, 2.75) is 64.1 Å². The van der Waals surface area contributed by atoms with Gasteiger partial charge in [-0.15, -0.1) is 21.5 Å². The molecule has 6 rings (SSSR count). The lowest BCUT2D eigenvalue weighted by Gasteiger charge is -2.29. The number of aryl methyl sites for hydroxylation is 2. The van der Waals surface area contributed by atoms with Crippen molar-refractivity contribution in [2.24, 2.45) is 24.8 Å². The van der Waals surface area contributed by atoms with E-state index < -0.39 is 12.6 Å². The summed E-state index contributed by atoms with van der Waals surface area (Å²) in [4.78, 5) is 27.3. The SMILES string of the molecule is C[C@H]1C[C@@H]1C(=O)Nc1sc2c(c1C(=O)NCC1CC(F)C1)C[C@@H](n1cnnc1Nc1cc(C(F)F)nn1C)CC2. The number of anilines is 3. The van der Waals surface area contributed by atoms with Crippen LogP contribution in [0.15, 0.2) is 12.4 Å². The largest absolute Gasteiger partial charge is 0.352 e. The summed E-state index contributed by atoms with van der Waals surface area (Å²) in [6, 6.07) is 1.16. The van der Waals surface area contributed by atoms with Crippen molar-refractivity contribution >= 4 is 39.9 Å². The Morgan fingerprint density at radius 1 is 1.25 bits per heavy atom. The van der Waals surface area contributed by atoms with Gasteiger partial charge in [-0.2, -0.15) is 5.10 Å². The summed E-state index contributed by atoms with van der Waals surface area (Å²) in [7, 11) is 1.56. The van der Waals surface area contributed by atoms with Gasteiger partial charge in [0.15, 0.2) is 0 Å². The van der Waals surface area contributed by atoms with Gasteiger partial charge in [-0.25, -0.2) is 13.2 Å². The molecule has 0 bridgehead atoms. The number of rotatable bonds is 9. The zero-order valence-corrected chi connectivity index (χ0v) is 23.0. The lowest BCUT2D eigenvalue weighted by molar-refractivity contribution is -0.117. The van der Waals surface area contributed by atoms with Gasteiger partial charge in [0.25, 0.3) is 12.3 Å². The van der Waals surface area contributed by atoms with Crippen LogP contribution in [-0.2, 0) is 24.7 Å². The molecule has 3 aromatic rings. The van der Waals surface area contributed by atoms with E-state index in [1.807, 2.05) is 11.5 Å². The first-order chi connectivity index (χ1) is 19.2. The van der Waals surface area contributed by atoms with Gasteiger partial charge >= 0.3 is 0 Å². The number of nitrogens with zero attached hydrogens (tertiary/aromatic N) is 5. The number of aromatic nitrogens is 5. The van der Waals surface area contributed by atoms with Crippen LogP contribution in [0.5, 0.6) is 0 Å². The highest BCUT2D eigenvalue weighted by molar-refractivity contribution is 7.17. The summed E-state index contributed by atoms with van der Waals surface area (Å²) >= 11 is 1.44. The van der Waals surface area contributed by atoms with Crippen molar-refractivity contribution in [3.8, 4) is 0 Å². The second-order valence-corrected chi connectivity index (χ2v) is 12.2. The van der Waals surface area contributed by atoms with E-state index in [1.54, 1.807) is 13.4 Å². The van der Waals surface area contributed by atoms with E-state index in [4.69, 9.17) is 0 Å². The standard InChI is InChI=1S/C26H31F3N8O2S/c1-12-5-16(12)23(38)33-25-21(24(39)30-10-13-6-14(27)7-13)17-8-15(3-4-19(17)40-25)37-11-31-34-26(37)32-20-9-18(22(28)29)35-36(20)2/h9,11-16,22H,3-8,10H2,1-2H3,(H,30,39)(H,32,34)(H,33,38)/t12-,13?,14?,15-,16-/m0/s1. The molecule has 40 heavy (non-hydrogen) atoms. The van der Waals surface area contributed by atoms with Gasteiger partial charge in [0.1, 0.15) is 29.0 Å². The van der Waals surface area contributed by atoms with Crippen LogP contribution in [0.2, 0.25) is 0 Å². The van der Waals surface area contributed by atoms with E-state index in [1.165, 1.54) is 22.1 Å². The van der Waals surface area contributed by atoms with Crippen molar-refractivity contribution in [1.29, 1.82) is 0 Å². The molecule has 214 valence electrons. The van der Waals surface area contributed by atoms with E-state index in [9.17, 15) is 22.8 Å². The Morgan fingerprint density at radius 2 is 2.02 bits per heavy atom. The zero-order valence-electron chi connectivity index (χ0n) is 22.2. The lowest BCUT2D eigenvalue weighted by atomic mass is 9.83. The molecule has 0 saturated heterocycles. The average molecular weight is 577 g/mol. The molecule has 0 aromatic carbocycles. The Hall–Kier alpha value is -3.42. The number of hydrogen-bond acceptors (Lipinski definition) is 7. The van der Waals surface area contributed by atoms with Crippen molar-refractivity contribution in [3.63, 3.8) is 0 Å². The highest BCUT2D eigenvalue weighted by Crippen LogP contribution is 2.44. The van der Waals surface area contributed by atoms with Crippen molar-refractivity contribution in [3.05, 3.63) is 34.1 Å². The molecule has 10 nitrogen and oxygen atoms in total. The molecule has 2 amide bonds. The summed E-state index contributed by atoms with van der Waals surface area (Å²) in [5.41, 5.74) is 1.000. The predicted molar refractivity (Wildman–Crippen MR) is 143 cm³/mol. The van der Waals surface area contributed by atoms with Crippen molar-refractivity contribution in [1.82, 2.24) is 29.9 Å². The number of alkyl halides is 3. The summed E-state index contributed by atoms with van der Waals surface area (Å²) in [5.74, 6) is 0.802. The first kappa shape index (κ1) is 26.8. The van der Waals surface area contributed by atoms with Gasteiger partial charge in [-0.3, -0.25) is 18.8 Å². The number of amides is 2. The van der Waals surface area contributed by atoms with E-state index in [2.05, 4.69) is 31.2 Å². The molecule has 3 heterocycles. The number of thiophene rings is 1. The van der Waals surface area contributed by atoms with E-state index in [0.29, 0.717) is 60.5 Å². The van der Waals surface area contributed by atoms with Crippen LogP contribution in [0.25, 0.3) is 0 Å². The normalized spacial score (nSPS) is 25.3. The maximum atomic E-state index is 13.5. The number of hydrogen-bond donors (Lipinski definition) is 3. The lowest BCUT2D eigenvalue weighted by Crippen LogP contribution is -2.37. The van der Waals surface area contributed by atoms with Gasteiger partial charge in [-0.1, -0.05) is 6.92 Å². The summed E-state index contributed by atoms with van der Waals surface area (Å²) < 4.78 is 42.7. The molecule has 3 atom stereocenters. The Bertz CT molecular complexity index is 1430. The molecule has 3 aromatic heterocycles. The molecular weight excluding hydrogens is 545 g/mol. The first-order valence-electron chi connectivity index (χ1n) is 13.5.